The highest BCUT2D eigenvalue weighted by Crippen LogP contribution is 2.24. The van der Waals surface area contributed by atoms with Crippen LogP contribution in [0.4, 0.5) is 21.0 Å². The van der Waals surface area contributed by atoms with E-state index in [0.717, 1.165) is 39.5 Å². The highest BCUT2D eigenvalue weighted by atomic mass is 16.2. The molecule has 188 valence electrons. The zero-order valence-electron chi connectivity index (χ0n) is 22.0. The molecule has 3 rings (SSSR count). The number of aromatic nitrogens is 4. The van der Waals surface area contributed by atoms with Gasteiger partial charge in [-0.15, -0.1) is 0 Å². The number of nitrogens with zero attached hydrogens (tertiary/aromatic N) is 4. The van der Waals surface area contributed by atoms with Gasteiger partial charge in [-0.1, -0.05) is 6.07 Å². The highest BCUT2D eigenvalue weighted by molar-refractivity contribution is 5.93. The Morgan fingerprint density at radius 1 is 0.771 bits per heavy atom. The van der Waals surface area contributed by atoms with E-state index in [1.165, 1.54) is 0 Å². The molecule has 10 nitrogen and oxygen atoms in total. The number of aryl methyl sites for hydroxylation is 5. The molecule has 0 radical (unpaired) electrons. The molecular formula is C25H36N8O2. The molecule has 0 aliphatic rings. The van der Waals surface area contributed by atoms with Gasteiger partial charge in [0.05, 0.1) is 23.5 Å². The summed E-state index contributed by atoms with van der Waals surface area (Å²) < 4.78 is 3.62. The van der Waals surface area contributed by atoms with E-state index in [9.17, 15) is 9.59 Å². The van der Waals surface area contributed by atoms with Crippen LogP contribution in [0.1, 0.15) is 65.4 Å². The van der Waals surface area contributed by atoms with Gasteiger partial charge in [0.15, 0.2) is 0 Å². The predicted molar refractivity (Wildman–Crippen MR) is 138 cm³/mol. The quantitative estimate of drug-likeness (QED) is 0.416. The summed E-state index contributed by atoms with van der Waals surface area (Å²) in [7, 11) is 3.77. The molecular weight excluding hydrogens is 444 g/mol. The molecule has 4 N–H and O–H groups in total. The van der Waals surface area contributed by atoms with E-state index >= 15 is 0 Å². The van der Waals surface area contributed by atoms with Gasteiger partial charge in [-0.05, 0) is 66.2 Å². The van der Waals surface area contributed by atoms with Crippen molar-refractivity contribution in [3.05, 3.63) is 57.7 Å². The number of anilines is 2. The third-order valence-electron chi connectivity index (χ3n) is 6.43. The van der Waals surface area contributed by atoms with Gasteiger partial charge in [-0.25, -0.2) is 9.59 Å². The molecule has 0 saturated heterocycles. The number of hydrogen-bond acceptors (Lipinski definition) is 4. The summed E-state index contributed by atoms with van der Waals surface area (Å²) in [4.78, 5) is 25.4. The zero-order valence-corrected chi connectivity index (χ0v) is 22.0. The van der Waals surface area contributed by atoms with Crippen molar-refractivity contribution >= 4 is 23.4 Å². The Morgan fingerprint density at radius 2 is 1.23 bits per heavy atom. The number of urea groups is 2. The van der Waals surface area contributed by atoms with Gasteiger partial charge >= 0.3 is 12.1 Å². The largest absolute Gasteiger partial charge is 0.331 e. The molecule has 0 saturated carbocycles. The molecule has 0 aliphatic carbocycles. The van der Waals surface area contributed by atoms with Crippen molar-refractivity contribution in [2.75, 3.05) is 10.6 Å². The first-order valence-electron chi connectivity index (χ1n) is 11.6. The lowest BCUT2D eigenvalue weighted by atomic mass is 10.1. The summed E-state index contributed by atoms with van der Waals surface area (Å²) in [5.74, 6) is 0. The van der Waals surface area contributed by atoms with Crippen LogP contribution in [0, 0.1) is 34.6 Å². The van der Waals surface area contributed by atoms with E-state index in [0.29, 0.717) is 11.4 Å². The maximum absolute atomic E-state index is 12.7. The van der Waals surface area contributed by atoms with Crippen LogP contribution in [0.5, 0.6) is 0 Å². The number of hydrogen-bond donors (Lipinski definition) is 4. The smallest absolute Gasteiger partial charge is 0.319 e. The van der Waals surface area contributed by atoms with Crippen LogP contribution in [0.15, 0.2) is 18.2 Å². The fourth-order valence-corrected chi connectivity index (χ4v) is 4.53. The zero-order chi connectivity index (χ0) is 26.0. The van der Waals surface area contributed by atoms with Crippen molar-refractivity contribution in [3.63, 3.8) is 0 Å². The Balaban J connectivity index is 1.65. The van der Waals surface area contributed by atoms with Crippen molar-refractivity contribution in [1.29, 1.82) is 0 Å². The maximum atomic E-state index is 12.7. The van der Waals surface area contributed by atoms with Crippen LogP contribution in [-0.2, 0) is 14.1 Å². The molecule has 35 heavy (non-hydrogen) atoms. The summed E-state index contributed by atoms with van der Waals surface area (Å²) in [6.45, 7) is 13.6. The molecule has 2 unspecified atom stereocenters. The van der Waals surface area contributed by atoms with Gasteiger partial charge in [0.1, 0.15) is 0 Å². The molecule has 1 aromatic carbocycles. The SMILES string of the molecule is Cc1ccc(NC(=O)NC(C)c2c(C)nn(C)c2C)cc1NC(=O)NC(C)c1c(C)nn(C)c1C. The molecule has 0 fully saturated rings. The second kappa shape index (κ2) is 10.2. The van der Waals surface area contributed by atoms with Gasteiger partial charge in [0.2, 0.25) is 0 Å². The maximum Gasteiger partial charge on any atom is 0.319 e. The predicted octanol–water partition coefficient (Wildman–Crippen LogP) is 4.46. The van der Waals surface area contributed by atoms with Crippen LogP contribution >= 0.6 is 0 Å². The minimum Gasteiger partial charge on any atom is -0.331 e. The summed E-state index contributed by atoms with van der Waals surface area (Å²) in [6.07, 6.45) is 0. The van der Waals surface area contributed by atoms with Gasteiger partial charge in [-0.2, -0.15) is 10.2 Å². The number of nitrogens with one attached hydrogen (secondary N) is 4. The molecule has 2 aromatic heterocycles. The summed E-state index contributed by atoms with van der Waals surface area (Å²) >= 11 is 0. The lowest BCUT2D eigenvalue weighted by molar-refractivity contribution is 0.248. The molecule has 2 atom stereocenters. The number of rotatable bonds is 6. The first-order valence-corrected chi connectivity index (χ1v) is 11.6. The normalized spacial score (nSPS) is 12.7. The van der Waals surface area contributed by atoms with E-state index in [2.05, 4.69) is 31.5 Å². The van der Waals surface area contributed by atoms with Crippen LogP contribution in [0.2, 0.25) is 0 Å². The molecule has 10 heteroatoms. The lowest BCUT2D eigenvalue weighted by Gasteiger charge is -2.18. The van der Waals surface area contributed by atoms with E-state index in [4.69, 9.17) is 0 Å². The van der Waals surface area contributed by atoms with E-state index in [1.807, 2.05) is 78.0 Å². The Kier molecular flexibility index (Phi) is 7.52. The standard InChI is InChI=1S/C25H36N8O2/c1-13-10-11-20(28-24(34)26-14(2)22-16(4)30-32(8)18(22)6)12-21(13)29-25(35)27-15(3)23-17(5)31-33(9)19(23)7/h10-12,14-15H,1-9H3,(H2,26,28,34)(H2,27,29,35). The van der Waals surface area contributed by atoms with Gasteiger partial charge in [-0.3, -0.25) is 9.36 Å². The fraction of sp³-hybridized carbons (Fsp3) is 0.440. The Bertz CT molecular complexity index is 1260. The highest BCUT2D eigenvalue weighted by Gasteiger charge is 2.20. The summed E-state index contributed by atoms with van der Waals surface area (Å²) in [6, 6.07) is 4.30. The topological polar surface area (TPSA) is 118 Å². The minimum absolute atomic E-state index is 0.210. The number of benzene rings is 1. The fourth-order valence-electron chi connectivity index (χ4n) is 4.53. The Hall–Kier alpha value is -3.82. The van der Waals surface area contributed by atoms with Crippen LogP contribution in [-0.4, -0.2) is 31.6 Å². The average Bonchev–Trinajstić information content (AvgIpc) is 3.16. The lowest BCUT2D eigenvalue weighted by Crippen LogP contribution is -2.32. The minimum atomic E-state index is -0.337. The monoisotopic (exact) mass is 480 g/mol. The number of amides is 4. The van der Waals surface area contributed by atoms with Crippen molar-refractivity contribution in [1.82, 2.24) is 30.2 Å². The molecule has 3 aromatic rings. The Morgan fingerprint density at radius 3 is 1.66 bits per heavy atom. The summed E-state index contributed by atoms with van der Waals surface area (Å²) in [5.41, 5.74) is 7.85. The van der Waals surface area contributed by atoms with Crippen molar-refractivity contribution < 1.29 is 9.59 Å². The first kappa shape index (κ1) is 25.8. The Labute approximate surface area is 206 Å². The van der Waals surface area contributed by atoms with Crippen molar-refractivity contribution in [2.24, 2.45) is 14.1 Å². The van der Waals surface area contributed by atoms with E-state index in [1.54, 1.807) is 12.1 Å². The van der Waals surface area contributed by atoms with Gasteiger partial charge in [0.25, 0.3) is 0 Å². The van der Waals surface area contributed by atoms with E-state index < -0.39 is 0 Å². The third kappa shape index (κ3) is 5.64. The van der Waals surface area contributed by atoms with Crippen LogP contribution in [0.3, 0.4) is 0 Å². The van der Waals surface area contributed by atoms with Gasteiger partial charge in [0, 0.05) is 48.0 Å². The second-order valence-electron chi connectivity index (χ2n) is 9.09. The van der Waals surface area contributed by atoms with Crippen molar-refractivity contribution in [2.45, 2.75) is 60.5 Å². The molecule has 0 spiro atoms. The van der Waals surface area contributed by atoms with Gasteiger partial charge < -0.3 is 21.3 Å². The number of carbonyl (C=O) groups is 2. The first-order chi connectivity index (χ1) is 16.4. The van der Waals surface area contributed by atoms with Crippen LogP contribution < -0.4 is 21.3 Å². The van der Waals surface area contributed by atoms with Crippen LogP contribution in [0.25, 0.3) is 0 Å². The van der Waals surface area contributed by atoms with Crippen molar-refractivity contribution in [3.8, 4) is 0 Å². The average molecular weight is 481 g/mol. The number of carbonyl (C=O) groups excluding carboxylic acids is 2. The second-order valence-corrected chi connectivity index (χ2v) is 9.09. The molecule has 0 aliphatic heterocycles. The molecule has 4 amide bonds. The van der Waals surface area contributed by atoms with E-state index in [-0.39, 0.29) is 24.1 Å². The third-order valence-corrected chi connectivity index (χ3v) is 6.43. The molecule has 0 bridgehead atoms. The summed E-state index contributed by atoms with van der Waals surface area (Å²) in [5, 5.41) is 20.5. The molecule has 2 heterocycles.